The first-order chi connectivity index (χ1) is 7.86. The molecule has 0 aromatic carbocycles. The fraction of sp³-hybridized carbons (Fsp3) is 0.300. The lowest BCUT2D eigenvalue weighted by Crippen LogP contribution is -2.15. The minimum Gasteiger partial charge on any atom is -0.360 e. The van der Waals surface area contributed by atoms with Crippen LogP contribution in [-0.4, -0.2) is 31.7 Å². The molecule has 84 valence electrons. The van der Waals surface area contributed by atoms with E-state index in [4.69, 9.17) is 0 Å². The van der Waals surface area contributed by atoms with Gasteiger partial charge in [-0.05, 0) is 12.1 Å². The molecule has 3 heterocycles. The normalized spacial score (nSPS) is 25.0. The maximum atomic E-state index is 11.8. The van der Waals surface area contributed by atoms with E-state index in [1.165, 1.54) is 0 Å². The molecule has 2 unspecified atom stereocenters. The molecule has 1 fully saturated rings. The summed E-state index contributed by atoms with van der Waals surface area (Å²) in [6.45, 7) is 0.798. The highest BCUT2D eigenvalue weighted by Gasteiger charge is 2.27. The summed E-state index contributed by atoms with van der Waals surface area (Å²) >= 11 is 0. The summed E-state index contributed by atoms with van der Waals surface area (Å²) in [5.74, 6) is 0.708. The lowest BCUT2D eigenvalue weighted by atomic mass is 10.2. The van der Waals surface area contributed by atoms with E-state index in [9.17, 15) is 4.21 Å². The molecule has 1 saturated heterocycles. The molecule has 2 atom stereocenters. The van der Waals surface area contributed by atoms with Crippen LogP contribution in [-0.2, 0) is 10.8 Å². The number of nitrogens with zero attached hydrogens (tertiary/aromatic N) is 1. The van der Waals surface area contributed by atoms with Crippen molar-refractivity contribution in [3.63, 3.8) is 0 Å². The number of hydrogen-bond acceptors (Lipinski definition) is 3. The van der Waals surface area contributed by atoms with Crippen molar-refractivity contribution in [2.24, 2.45) is 0 Å². The Balaban J connectivity index is 2.02. The zero-order valence-electron chi connectivity index (χ0n) is 8.56. The van der Waals surface area contributed by atoms with Gasteiger partial charge >= 0.3 is 0 Å². The van der Waals surface area contributed by atoms with Crippen LogP contribution in [0.4, 0.5) is 0 Å². The highest BCUT2D eigenvalue weighted by molar-refractivity contribution is 7.85. The number of nitrogens with one attached hydrogen (secondary N) is 3. The summed E-state index contributed by atoms with van der Waals surface area (Å²) in [5, 5.41) is 10.1. The summed E-state index contributed by atoms with van der Waals surface area (Å²) in [7, 11) is -0.847. The SMILES string of the molecule is O=S1CCNC1c1cn[nH]c1-c1ccc[nH]1. The Bertz CT molecular complexity index is 505. The predicted molar refractivity (Wildman–Crippen MR) is 62.1 cm³/mol. The summed E-state index contributed by atoms with van der Waals surface area (Å²) in [6.07, 6.45) is 3.61. The van der Waals surface area contributed by atoms with Crippen molar-refractivity contribution in [2.45, 2.75) is 5.37 Å². The molecule has 6 heteroatoms. The lowest BCUT2D eigenvalue weighted by molar-refractivity contribution is 0.671. The maximum Gasteiger partial charge on any atom is 0.113 e. The van der Waals surface area contributed by atoms with Gasteiger partial charge in [0.05, 0.1) is 17.6 Å². The van der Waals surface area contributed by atoms with Crippen molar-refractivity contribution >= 4 is 10.8 Å². The van der Waals surface area contributed by atoms with E-state index in [1.807, 2.05) is 18.3 Å². The van der Waals surface area contributed by atoms with Crippen molar-refractivity contribution in [1.29, 1.82) is 0 Å². The number of hydrogen-bond donors (Lipinski definition) is 3. The van der Waals surface area contributed by atoms with Crippen LogP contribution in [0.5, 0.6) is 0 Å². The van der Waals surface area contributed by atoms with Crippen molar-refractivity contribution in [3.05, 3.63) is 30.1 Å². The van der Waals surface area contributed by atoms with Gasteiger partial charge in [-0.2, -0.15) is 5.10 Å². The molecule has 0 radical (unpaired) electrons. The van der Waals surface area contributed by atoms with Crippen LogP contribution in [0.3, 0.4) is 0 Å². The molecule has 0 amide bonds. The van der Waals surface area contributed by atoms with Gasteiger partial charge in [-0.3, -0.25) is 14.6 Å². The Morgan fingerprint density at radius 2 is 2.44 bits per heavy atom. The van der Waals surface area contributed by atoms with Gasteiger partial charge in [-0.25, -0.2) is 0 Å². The molecule has 0 bridgehead atoms. The second-order valence-electron chi connectivity index (χ2n) is 3.70. The number of aromatic amines is 2. The summed E-state index contributed by atoms with van der Waals surface area (Å²) in [6, 6.07) is 3.90. The Labute approximate surface area is 95.1 Å². The molecule has 2 aromatic rings. The smallest absolute Gasteiger partial charge is 0.113 e. The topological polar surface area (TPSA) is 73.6 Å². The molecule has 1 aliphatic heterocycles. The van der Waals surface area contributed by atoms with Crippen molar-refractivity contribution in [3.8, 4) is 11.4 Å². The van der Waals surface area contributed by atoms with Gasteiger partial charge in [0.25, 0.3) is 0 Å². The Morgan fingerprint density at radius 3 is 3.12 bits per heavy atom. The monoisotopic (exact) mass is 236 g/mol. The average molecular weight is 236 g/mol. The first-order valence-electron chi connectivity index (χ1n) is 5.14. The molecule has 3 rings (SSSR count). The van der Waals surface area contributed by atoms with Gasteiger partial charge in [0, 0.05) is 34.9 Å². The number of H-pyrrole nitrogens is 2. The van der Waals surface area contributed by atoms with Gasteiger partial charge in [0.1, 0.15) is 5.37 Å². The standard InChI is InChI=1S/C10H12N4OS/c15-16-5-4-12-10(16)7-6-13-14-9(7)8-2-1-3-11-8/h1-3,6,10-12H,4-5H2,(H,13,14). The molecular weight excluding hydrogens is 224 g/mol. The van der Waals surface area contributed by atoms with Crippen molar-refractivity contribution in [1.82, 2.24) is 20.5 Å². The first-order valence-corrected chi connectivity index (χ1v) is 6.52. The molecule has 1 aliphatic rings. The van der Waals surface area contributed by atoms with Crippen LogP contribution in [0.2, 0.25) is 0 Å². The first kappa shape index (κ1) is 9.80. The quantitative estimate of drug-likeness (QED) is 0.720. The highest BCUT2D eigenvalue weighted by Crippen LogP contribution is 2.28. The van der Waals surface area contributed by atoms with E-state index in [2.05, 4.69) is 20.5 Å². The van der Waals surface area contributed by atoms with Crippen molar-refractivity contribution < 1.29 is 4.21 Å². The van der Waals surface area contributed by atoms with Crippen LogP contribution in [0, 0.1) is 0 Å². The lowest BCUT2D eigenvalue weighted by Gasteiger charge is -2.08. The van der Waals surface area contributed by atoms with E-state index in [0.717, 1.165) is 23.5 Å². The average Bonchev–Trinajstić information content (AvgIpc) is 2.95. The number of rotatable bonds is 2. The molecule has 0 saturated carbocycles. The fourth-order valence-corrected chi connectivity index (χ4v) is 3.27. The second kappa shape index (κ2) is 3.88. The van der Waals surface area contributed by atoms with Crippen LogP contribution in [0.25, 0.3) is 11.4 Å². The third-order valence-electron chi connectivity index (χ3n) is 2.71. The minimum absolute atomic E-state index is 0.1000. The Kier molecular flexibility index (Phi) is 2.37. The van der Waals surface area contributed by atoms with Gasteiger partial charge in [0.2, 0.25) is 0 Å². The largest absolute Gasteiger partial charge is 0.360 e. The Morgan fingerprint density at radius 1 is 1.50 bits per heavy atom. The Hall–Kier alpha value is -1.40. The van der Waals surface area contributed by atoms with Crippen LogP contribution in [0.15, 0.2) is 24.5 Å². The second-order valence-corrected chi connectivity index (χ2v) is 5.34. The molecule has 2 aromatic heterocycles. The molecule has 0 spiro atoms. The third kappa shape index (κ3) is 1.50. The highest BCUT2D eigenvalue weighted by atomic mass is 32.2. The van der Waals surface area contributed by atoms with Crippen LogP contribution in [0.1, 0.15) is 10.9 Å². The van der Waals surface area contributed by atoms with E-state index >= 15 is 0 Å². The summed E-state index contributed by atoms with van der Waals surface area (Å²) in [5.41, 5.74) is 2.86. The van der Waals surface area contributed by atoms with Gasteiger partial charge in [-0.15, -0.1) is 0 Å². The molecule has 5 nitrogen and oxygen atoms in total. The zero-order chi connectivity index (χ0) is 11.0. The molecular formula is C10H12N4OS. The van der Waals surface area contributed by atoms with Crippen LogP contribution < -0.4 is 5.32 Å². The summed E-state index contributed by atoms with van der Waals surface area (Å²) < 4.78 is 11.8. The fourth-order valence-electron chi connectivity index (χ4n) is 1.95. The van der Waals surface area contributed by atoms with Crippen molar-refractivity contribution in [2.75, 3.05) is 12.3 Å². The van der Waals surface area contributed by atoms with E-state index in [1.54, 1.807) is 6.20 Å². The predicted octanol–water partition coefficient (Wildman–Crippen LogP) is 0.755. The molecule has 0 aliphatic carbocycles. The van der Waals surface area contributed by atoms with E-state index in [0.29, 0.717) is 5.75 Å². The summed E-state index contributed by atoms with van der Waals surface area (Å²) in [4.78, 5) is 3.12. The zero-order valence-corrected chi connectivity index (χ0v) is 9.38. The third-order valence-corrected chi connectivity index (χ3v) is 4.27. The van der Waals surface area contributed by atoms with E-state index < -0.39 is 10.8 Å². The maximum absolute atomic E-state index is 11.8. The van der Waals surface area contributed by atoms with Gasteiger partial charge in [-0.1, -0.05) is 0 Å². The number of aromatic nitrogens is 3. The van der Waals surface area contributed by atoms with Gasteiger partial charge < -0.3 is 4.98 Å². The van der Waals surface area contributed by atoms with Crippen LogP contribution >= 0.6 is 0 Å². The molecule has 16 heavy (non-hydrogen) atoms. The van der Waals surface area contributed by atoms with Gasteiger partial charge in [0.15, 0.2) is 0 Å². The minimum atomic E-state index is -0.847. The molecule has 3 N–H and O–H groups in total. The van der Waals surface area contributed by atoms with E-state index in [-0.39, 0.29) is 5.37 Å².